The van der Waals surface area contributed by atoms with Crippen LogP contribution < -0.4 is 5.32 Å². The smallest absolute Gasteiger partial charge is 0.257 e. The summed E-state index contributed by atoms with van der Waals surface area (Å²) in [7, 11) is 1.89. The molecule has 0 spiro atoms. The first-order valence-corrected chi connectivity index (χ1v) is 7.12. The fourth-order valence-corrected chi connectivity index (χ4v) is 2.95. The molecule has 19 heavy (non-hydrogen) atoms. The van der Waals surface area contributed by atoms with Crippen molar-refractivity contribution >= 4 is 40.9 Å². The zero-order valence-corrected chi connectivity index (χ0v) is 13.6. The van der Waals surface area contributed by atoms with Gasteiger partial charge in [0.1, 0.15) is 5.82 Å². The molecule has 1 aromatic rings. The molecule has 0 aliphatic carbocycles. The molecule has 1 fully saturated rings. The van der Waals surface area contributed by atoms with Crippen LogP contribution in [-0.2, 0) is 0 Å². The fraction of sp³-hybridized carbons (Fsp3) is 0.462. The number of nitrogens with one attached hydrogen (secondary N) is 1. The summed E-state index contributed by atoms with van der Waals surface area (Å²) in [5, 5.41) is 3.18. The lowest BCUT2D eigenvalue weighted by atomic mass is 10.0. The molecular formula is C13H17ClFIN2O. The fourth-order valence-electron chi connectivity index (χ4n) is 2.26. The van der Waals surface area contributed by atoms with E-state index in [4.69, 9.17) is 0 Å². The van der Waals surface area contributed by atoms with Gasteiger partial charge >= 0.3 is 0 Å². The monoisotopic (exact) mass is 398 g/mol. The lowest BCUT2D eigenvalue weighted by Gasteiger charge is -2.32. The van der Waals surface area contributed by atoms with E-state index in [-0.39, 0.29) is 23.9 Å². The number of halogens is 3. The Balaban J connectivity index is 0.00000180. The topological polar surface area (TPSA) is 32.3 Å². The van der Waals surface area contributed by atoms with Gasteiger partial charge in [-0.1, -0.05) is 6.07 Å². The number of likely N-dealkylation sites (tertiary alicyclic amines) is 1. The molecule has 0 aromatic heterocycles. The normalized spacial score (nSPS) is 18.9. The Morgan fingerprint density at radius 3 is 2.89 bits per heavy atom. The highest BCUT2D eigenvalue weighted by Crippen LogP contribution is 2.20. The molecule has 1 saturated heterocycles. The predicted molar refractivity (Wildman–Crippen MR) is 84.4 cm³/mol. The van der Waals surface area contributed by atoms with Crippen LogP contribution in [0.2, 0.25) is 0 Å². The number of rotatable bonds is 2. The van der Waals surface area contributed by atoms with E-state index in [2.05, 4.69) is 5.32 Å². The van der Waals surface area contributed by atoms with Gasteiger partial charge in [-0.2, -0.15) is 0 Å². The molecule has 0 saturated carbocycles. The Morgan fingerprint density at radius 2 is 2.26 bits per heavy atom. The van der Waals surface area contributed by atoms with E-state index in [1.165, 1.54) is 6.07 Å². The maximum atomic E-state index is 13.8. The number of carbonyl (C=O) groups is 1. The number of likely N-dealkylation sites (N-methyl/N-ethyl adjacent to an activating group) is 1. The predicted octanol–water partition coefficient (Wildman–Crippen LogP) is 2.68. The van der Waals surface area contributed by atoms with Crippen LogP contribution in [0.15, 0.2) is 18.2 Å². The van der Waals surface area contributed by atoms with Gasteiger partial charge in [0, 0.05) is 22.7 Å². The molecular weight excluding hydrogens is 382 g/mol. The maximum Gasteiger partial charge on any atom is 0.257 e. The third-order valence-corrected chi connectivity index (χ3v) is 4.19. The molecule has 1 heterocycles. The number of carbonyl (C=O) groups excluding carboxylic acids is 1. The average Bonchev–Trinajstić information content (AvgIpc) is 2.38. The first kappa shape index (κ1) is 16.7. The third-order valence-electron chi connectivity index (χ3n) is 3.29. The minimum atomic E-state index is -0.432. The summed E-state index contributed by atoms with van der Waals surface area (Å²) in [6.45, 7) is 1.36. The summed E-state index contributed by atoms with van der Waals surface area (Å²) in [6, 6.07) is 5.04. The van der Waals surface area contributed by atoms with Gasteiger partial charge in [-0.05, 0) is 54.6 Å². The lowest BCUT2D eigenvalue weighted by molar-refractivity contribution is 0.0692. The Morgan fingerprint density at radius 1 is 1.53 bits per heavy atom. The first-order valence-electron chi connectivity index (χ1n) is 6.04. The second kappa shape index (κ2) is 7.40. The minimum absolute atomic E-state index is 0. The van der Waals surface area contributed by atoms with Crippen molar-refractivity contribution in [1.29, 1.82) is 0 Å². The number of piperidine rings is 1. The van der Waals surface area contributed by atoms with Crippen LogP contribution in [0.5, 0.6) is 0 Å². The number of hydrogen-bond acceptors (Lipinski definition) is 2. The highest BCUT2D eigenvalue weighted by molar-refractivity contribution is 14.1. The average molecular weight is 399 g/mol. The van der Waals surface area contributed by atoms with Gasteiger partial charge in [-0.25, -0.2) is 4.39 Å². The molecule has 0 radical (unpaired) electrons. The SMILES string of the molecule is CNC1CCCN(C(=O)c2c(F)cccc2I)C1.Cl. The van der Waals surface area contributed by atoms with Crippen LogP contribution in [0.3, 0.4) is 0 Å². The Bertz CT molecular complexity index is 438. The van der Waals surface area contributed by atoms with Gasteiger partial charge in [0.15, 0.2) is 0 Å². The largest absolute Gasteiger partial charge is 0.337 e. The van der Waals surface area contributed by atoms with E-state index in [1.807, 2.05) is 29.6 Å². The first-order chi connectivity index (χ1) is 8.63. The van der Waals surface area contributed by atoms with Crippen LogP contribution in [0.4, 0.5) is 4.39 Å². The second-order valence-electron chi connectivity index (χ2n) is 4.48. The van der Waals surface area contributed by atoms with Crippen LogP contribution in [-0.4, -0.2) is 37.0 Å². The molecule has 1 unspecified atom stereocenters. The molecule has 3 nitrogen and oxygen atoms in total. The van der Waals surface area contributed by atoms with Crippen molar-refractivity contribution in [3.8, 4) is 0 Å². The zero-order valence-electron chi connectivity index (χ0n) is 10.7. The molecule has 6 heteroatoms. The minimum Gasteiger partial charge on any atom is -0.337 e. The Kier molecular flexibility index (Phi) is 6.49. The van der Waals surface area contributed by atoms with E-state index >= 15 is 0 Å². The lowest BCUT2D eigenvalue weighted by Crippen LogP contribution is -2.47. The van der Waals surface area contributed by atoms with Crippen molar-refractivity contribution in [3.63, 3.8) is 0 Å². The van der Waals surface area contributed by atoms with Crippen molar-refractivity contribution in [2.24, 2.45) is 0 Å². The van der Waals surface area contributed by atoms with E-state index < -0.39 is 5.82 Å². The summed E-state index contributed by atoms with van der Waals surface area (Å²) >= 11 is 2.01. The van der Waals surface area contributed by atoms with Crippen LogP contribution >= 0.6 is 35.0 Å². The molecule has 0 bridgehead atoms. The van der Waals surface area contributed by atoms with Crippen LogP contribution in [0.1, 0.15) is 23.2 Å². The van der Waals surface area contributed by atoms with Crippen LogP contribution in [0, 0.1) is 9.39 Å². The zero-order chi connectivity index (χ0) is 13.1. The van der Waals surface area contributed by atoms with Crippen molar-refractivity contribution in [2.75, 3.05) is 20.1 Å². The Hall–Kier alpha value is -0.400. The second-order valence-corrected chi connectivity index (χ2v) is 5.64. The summed E-state index contributed by atoms with van der Waals surface area (Å²) in [5.74, 6) is -0.629. The Labute approximate surface area is 132 Å². The van der Waals surface area contributed by atoms with E-state index in [9.17, 15) is 9.18 Å². The van der Waals surface area contributed by atoms with Gasteiger partial charge < -0.3 is 10.2 Å². The third kappa shape index (κ3) is 3.79. The van der Waals surface area contributed by atoms with E-state index in [1.54, 1.807) is 17.0 Å². The van der Waals surface area contributed by atoms with Gasteiger partial charge in [-0.3, -0.25) is 4.79 Å². The molecule has 106 valence electrons. The van der Waals surface area contributed by atoms with Gasteiger partial charge in [0.05, 0.1) is 5.56 Å². The molecule has 1 N–H and O–H groups in total. The molecule has 1 aromatic carbocycles. The van der Waals surface area contributed by atoms with Crippen LogP contribution in [0.25, 0.3) is 0 Å². The maximum absolute atomic E-state index is 13.8. The highest BCUT2D eigenvalue weighted by atomic mass is 127. The van der Waals surface area contributed by atoms with Gasteiger partial charge in [-0.15, -0.1) is 12.4 Å². The number of amides is 1. The highest BCUT2D eigenvalue weighted by Gasteiger charge is 2.26. The summed E-state index contributed by atoms with van der Waals surface area (Å²) < 4.78 is 14.4. The molecule has 1 aliphatic rings. The van der Waals surface area contributed by atoms with Crippen molar-refractivity contribution in [1.82, 2.24) is 10.2 Å². The van der Waals surface area contributed by atoms with E-state index in [0.29, 0.717) is 22.7 Å². The molecule has 1 atom stereocenters. The van der Waals surface area contributed by atoms with Gasteiger partial charge in [0.25, 0.3) is 5.91 Å². The summed E-state index contributed by atoms with van der Waals surface area (Å²) in [5.41, 5.74) is 0.204. The summed E-state index contributed by atoms with van der Waals surface area (Å²) in [4.78, 5) is 14.1. The number of nitrogens with zero attached hydrogens (tertiary/aromatic N) is 1. The van der Waals surface area contributed by atoms with Gasteiger partial charge in [0.2, 0.25) is 0 Å². The van der Waals surface area contributed by atoms with E-state index in [0.717, 1.165) is 12.8 Å². The van der Waals surface area contributed by atoms with Crippen molar-refractivity contribution in [3.05, 3.63) is 33.1 Å². The molecule has 1 amide bonds. The standard InChI is InChI=1S/C13H16FIN2O.ClH/c1-16-9-4-3-7-17(8-9)13(18)12-10(14)5-2-6-11(12)15;/h2,5-6,9,16H,3-4,7-8H2,1H3;1H. The molecule has 1 aliphatic heterocycles. The number of hydrogen-bond donors (Lipinski definition) is 1. The molecule has 2 rings (SSSR count). The summed E-state index contributed by atoms with van der Waals surface area (Å²) in [6.07, 6.45) is 2.02. The van der Waals surface area contributed by atoms with Crippen molar-refractivity contribution in [2.45, 2.75) is 18.9 Å². The quantitative estimate of drug-likeness (QED) is 0.777. The van der Waals surface area contributed by atoms with Crippen molar-refractivity contribution < 1.29 is 9.18 Å². The number of benzene rings is 1.